The van der Waals surface area contributed by atoms with Gasteiger partial charge in [-0.3, -0.25) is 0 Å². The highest BCUT2D eigenvalue weighted by molar-refractivity contribution is 5.16. The molecule has 0 saturated heterocycles. The second kappa shape index (κ2) is 7.47. The van der Waals surface area contributed by atoms with Crippen LogP contribution in [-0.2, 0) is 4.74 Å². The number of aryl methyl sites for hydroxylation is 1. The van der Waals surface area contributed by atoms with E-state index in [1.807, 2.05) is 13.2 Å². The normalized spacial score (nSPS) is 12.9. The van der Waals surface area contributed by atoms with E-state index in [-0.39, 0.29) is 0 Å². The van der Waals surface area contributed by atoms with Gasteiger partial charge in [0.25, 0.3) is 0 Å². The second-order valence-corrected chi connectivity index (χ2v) is 4.13. The van der Waals surface area contributed by atoms with Crippen LogP contribution in [0.25, 0.3) is 0 Å². The minimum Gasteiger partial charge on any atom is -0.469 e. The van der Waals surface area contributed by atoms with Crippen LogP contribution in [0.4, 0.5) is 0 Å². The molecule has 3 heteroatoms. The average molecular weight is 225 g/mol. The van der Waals surface area contributed by atoms with Crippen LogP contribution < -0.4 is 5.32 Å². The molecule has 0 spiro atoms. The Morgan fingerprint density at radius 3 is 2.88 bits per heavy atom. The fraction of sp³-hybridized carbons (Fsp3) is 0.692. The van der Waals surface area contributed by atoms with Gasteiger partial charge < -0.3 is 14.5 Å². The molecule has 1 aromatic rings. The monoisotopic (exact) mass is 225 g/mol. The molecule has 0 fully saturated rings. The maximum absolute atomic E-state index is 5.36. The molecule has 0 bridgehead atoms. The Balaban J connectivity index is 2.49. The number of hydrogen-bond donors (Lipinski definition) is 1. The van der Waals surface area contributed by atoms with Gasteiger partial charge in [-0.25, -0.2) is 0 Å². The molecule has 0 aromatic carbocycles. The zero-order chi connectivity index (χ0) is 11.8. The van der Waals surface area contributed by atoms with Crippen molar-refractivity contribution in [2.45, 2.75) is 39.2 Å². The summed E-state index contributed by atoms with van der Waals surface area (Å²) in [6, 6.07) is 2.51. The summed E-state index contributed by atoms with van der Waals surface area (Å²) in [5, 5.41) is 3.54. The first kappa shape index (κ1) is 13.3. The average Bonchev–Trinajstić information content (AvgIpc) is 2.70. The number of nitrogens with one attached hydrogen (secondary N) is 1. The molecule has 1 heterocycles. The summed E-state index contributed by atoms with van der Waals surface area (Å²) < 4.78 is 10.4. The van der Waals surface area contributed by atoms with Gasteiger partial charge in [-0.05, 0) is 38.8 Å². The summed E-state index contributed by atoms with van der Waals surface area (Å²) in [5.41, 5.74) is 1.25. The summed E-state index contributed by atoms with van der Waals surface area (Å²) in [4.78, 5) is 0. The van der Waals surface area contributed by atoms with Crippen molar-refractivity contribution in [3.05, 3.63) is 23.7 Å². The van der Waals surface area contributed by atoms with Gasteiger partial charge in [0.05, 0.1) is 6.26 Å². The highest BCUT2D eigenvalue weighted by atomic mass is 16.5. The van der Waals surface area contributed by atoms with E-state index < -0.39 is 0 Å². The third kappa shape index (κ3) is 4.37. The van der Waals surface area contributed by atoms with Gasteiger partial charge >= 0.3 is 0 Å². The Morgan fingerprint density at radius 2 is 2.31 bits per heavy atom. The fourth-order valence-corrected chi connectivity index (χ4v) is 1.78. The van der Waals surface area contributed by atoms with Crippen LogP contribution in [0.5, 0.6) is 0 Å². The maximum Gasteiger partial charge on any atom is 0.101 e. The minimum atomic E-state index is 0.396. The molecule has 1 N–H and O–H groups in total. The third-order valence-electron chi connectivity index (χ3n) is 2.64. The highest BCUT2D eigenvalue weighted by Crippen LogP contribution is 2.20. The van der Waals surface area contributed by atoms with Crippen LogP contribution in [0.2, 0.25) is 0 Å². The molecule has 16 heavy (non-hydrogen) atoms. The van der Waals surface area contributed by atoms with Crippen LogP contribution >= 0.6 is 0 Å². The van der Waals surface area contributed by atoms with E-state index >= 15 is 0 Å². The van der Waals surface area contributed by atoms with Gasteiger partial charge in [-0.15, -0.1) is 0 Å². The molecular formula is C13H23NO2. The summed E-state index contributed by atoms with van der Waals surface area (Å²) in [6.07, 6.45) is 5.17. The number of furan rings is 1. The molecule has 0 aliphatic rings. The van der Waals surface area contributed by atoms with Crippen LogP contribution in [0.15, 0.2) is 16.7 Å². The number of ether oxygens (including phenoxy) is 1. The number of methoxy groups -OCH3 is 1. The van der Waals surface area contributed by atoms with E-state index in [1.165, 1.54) is 5.56 Å². The second-order valence-electron chi connectivity index (χ2n) is 4.13. The van der Waals surface area contributed by atoms with E-state index in [0.29, 0.717) is 6.04 Å². The van der Waals surface area contributed by atoms with Crippen molar-refractivity contribution in [3.8, 4) is 0 Å². The summed E-state index contributed by atoms with van der Waals surface area (Å²) in [7, 11) is 1.75. The Kier molecular flexibility index (Phi) is 6.19. The predicted octanol–water partition coefficient (Wildman–Crippen LogP) is 3.06. The van der Waals surface area contributed by atoms with E-state index in [2.05, 4.69) is 18.3 Å². The van der Waals surface area contributed by atoms with Crippen molar-refractivity contribution in [2.75, 3.05) is 20.3 Å². The van der Waals surface area contributed by atoms with Crippen LogP contribution in [-0.4, -0.2) is 20.3 Å². The molecule has 0 radical (unpaired) electrons. The van der Waals surface area contributed by atoms with Gasteiger partial charge in [-0.2, -0.15) is 0 Å². The molecule has 0 saturated carbocycles. The summed E-state index contributed by atoms with van der Waals surface area (Å²) >= 11 is 0. The molecule has 0 amide bonds. The summed E-state index contributed by atoms with van der Waals surface area (Å²) in [5.74, 6) is 0.977. The van der Waals surface area contributed by atoms with E-state index in [1.54, 1.807) is 7.11 Å². The smallest absolute Gasteiger partial charge is 0.101 e. The molecule has 92 valence electrons. The van der Waals surface area contributed by atoms with Gasteiger partial charge in [0.1, 0.15) is 5.76 Å². The summed E-state index contributed by atoms with van der Waals surface area (Å²) in [6.45, 7) is 6.03. The highest BCUT2D eigenvalue weighted by Gasteiger charge is 2.12. The van der Waals surface area contributed by atoms with Gasteiger partial charge in [0, 0.05) is 25.3 Å². The zero-order valence-corrected chi connectivity index (χ0v) is 10.6. The molecular weight excluding hydrogens is 202 g/mol. The standard InChI is InChI=1S/C13H23NO2/c1-4-7-14-13(6-5-8-15-3)12-9-11(2)16-10-12/h9-10,13-14H,4-8H2,1-3H3. The van der Waals surface area contributed by atoms with Gasteiger partial charge in [-0.1, -0.05) is 6.92 Å². The maximum atomic E-state index is 5.36. The SMILES string of the molecule is CCCNC(CCCOC)c1coc(C)c1. The largest absolute Gasteiger partial charge is 0.469 e. The zero-order valence-electron chi connectivity index (χ0n) is 10.6. The van der Waals surface area contributed by atoms with Crippen LogP contribution in [0, 0.1) is 6.92 Å². The van der Waals surface area contributed by atoms with Crippen LogP contribution in [0.3, 0.4) is 0 Å². The molecule has 1 atom stereocenters. The quantitative estimate of drug-likeness (QED) is 0.690. The number of hydrogen-bond acceptors (Lipinski definition) is 3. The predicted molar refractivity (Wildman–Crippen MR) is 65.6 cm³/mol. The Hall–Kier alpha value is -0.800. The first-order chi connectivity index (χ1) is 7.77. The Labute approximate surface area is 98.2 Å². The van der Waals surface area contributed by atoms with Gasteiger partial charge in [0.2, 0.25) is 0 Å². The van der Waals surface area contributed by atoms with E-state index in [0.717, 1.165) is 38.2 Å². The van der Waals surface area contributed by atoms with Crippen molar-refractivity contribution in [2.24, 2.45) is 0 Å². The Bertz CT molecular complexity index is 283. The topological polar surface area (TPSA) is 34.4 Å². The number of rotatable bonds is 8. The van der Waals surface area contributed by atoms with Crippen molar-refractivity contribution in [1.29, 1.82) is 0 Å². The molecule has 1 aromatic heterocycles. The third-order valence-corrected chi connectivity index (χ3v) is 2.64. The lowest BCUT2D eigenvalue weighted by atomic mass is 10.0. The molecule has 1 rings (SSSR count). The molecule has 0 aliphatic carbocycles. The van der Waals surface area contributed by atoms with Crippen molar-refractivity contribution >= 4 is 0 Å². The van der Waals surface area contributed by atoms with Crippen molar-refractivity contribution in [1.82, 2.24) is 5.32 Å². The van der Waals surface area contributed by atoms with E-state index in [4.69, 9.17) is 9.15 Å². The van der Waals surface area contributed by atoms with Crippen LogP contribution in [0.1, 0.15) is 43.6 Å². The Morgan fingerprint density at radius 1 is 1.50 bits per heavy atom. The molecule has 0 aliphatic heterocycles. The fourth-order valence-electron chi connectivity index (χ4n) is 1.78. The lowest BCUT2D eigenvalue weighted by molar-refractivity contribution is 0.188. The lowest BCUT2D eigenvalue weighted by Gasteiger charge is -2.16. The van der Waals surface area contributed by atoms with Crippen molar-refractivity contribution in [3.63, 3.8) is 0 Å². The first-order valence-corrected chi connectivity index (χ1v) is 6.05. The molecule has 3 nitrogen and oxygen atoms in total. The lowest BCUT2D eigenvalue weighted by Crippen LogP contribution is -2.22. The van der Waals surface area contributed by atoms with E-state index in [9.17, 15) is 0 Å². The van der Waals surface area contributed by atoms with Gasteiger partial charge in [0.15, 0.2) is 0 Å². The molecule has 1 unspecified atom stereocenters. The first-order valence-electron chi connectivity index (χ1n) is 6.05. The van der Waals surface area contributed by atoms with Crippen molar-refractivity contribution < 1.29 is 9.15 Å². The minimum absolute atomic E-state index is 0.396.